The van der Waals surface area contributed by atoms with Crippen LogP contribution >= 0.6 is 11.6 Å². The predicted molar refractivity (Wildman–Crippen MR) is 90.9 cm³/mol. The molecule has 0 aromatic heterocycles. The van der Waals surface area contributed by atoms with Crippen LogP contribution in [0.25, 0.3) is 5.57 Å². The lowest BCUT2D eigenvalue weighted by Gasteiger charge is -2.37. The van der Waals surface area contributed by atoms with E-state index in [9.17, 15) is 18.0 Å². The summed E-state index contributed by atoms with van der Waals surface area (Å²) in [6.07, 6.45) is -1.53. The Bertz CT molecular complexity index is 752. The molecule has 0 saturated heterocycles. The number of fused-ring (bicyclic) bond motifs is 3. The molecule has 6 heteroatoms. The van der Waals surface area contributed by atoms with Crippen molar-refractivity contribution in [3.63, 3.8) is 0 Å². The molecule has 0 bridgehead atoms. The summed E-state index contributed by atoms with van der Waals surface area (Å²) in [6, 6.07) is 3.20. The van der Waals surface area contributed by atoms with E-state index in [1.54, 1.807) is 12.1 Å². The van der Waals surface area contributed by atoms with Crippen LogP contribution in [0.3, 0.4) is 0 Å². The van der Waals surface area contributed by atoms with Gasteiger partial charge in [-0.2, -0.15) is 13.2 Å². The second kappa shape index (κ2) is 6.35. The molecule has 2 aliphatic carbocycles. The molecule has 0 saturated carbocycles. The van der Waals surface area contributed by atoms with Crippen molar-refractivity contribution < 1.29 is 22.7 Å². The number of halogens is 4. The van der Waals surface area contributed by atoms with E-state index in [0.717, 1.165) is 12.8 Å². The third kappa shape index (κ3) is 2.86. The summed E-state index contributed by atoms with van der Waals surface area (Å²) < 4.78 is 46.4. The number of Topliss-reactive ketones (excluding diaryl/α,β-unsaturated/α-hetero) is 1. The van der Waals surface area contributed by atoms with Gasteiger partial charge in [0.05, 0.1) is 12.1 Å². The van der Waals surface area contributed by atoms with Gasteiger partial charge in [0.25, 0.3) is 0 Å². The molecule has 0 heterocycles. The summed E-state index contributed by atoms with van der Waals surface area (Å²) >= 11 is 6.40. The number of carbonyl (C=O) groups excluding carboxylic acids is 1. The highest BCUT2D eigenvalue weighted by Gasteiger charge is 2.53. The number of benzene rings is 1. The van der Waals surface area contributed by atoms with Gasteiger partial charge in [0.15, 0.2) is 5.78 Å². The minimum Gasteiger partial charge on any atom is -0.495 e. The van der Waals surface area contributed by atoms with E-state index in [1.165, 1.54) is 7.11 Å². The minimum absolute atomic E-state index is 0.0647. The van der Waals surface area contributed by atoms with Gasteiger partial charge in [-0.1, -0.05) is 37.4 Å². The lowest BCUT2D eigenvalue weighted by molar-refractivity contribution is -0.130. The van der Waals surface area contributed by atoms with Crippen LogP contribution in [0.15, 0.2) is 17.7 Å². The number of rotatable bonds is 4. The first-order valence-corrected chi connectivity index (χ1v) is 8.84. The Morgan fingerprint density at radius 3 is 2.64 bits per heavy atom. The van der Waals surface area contributed by atoms with Crippen molar-refractivity contribution in [2.75, 3.05) is 7.11 Å². The van der Waals surface area contributed by atoms with Crippen LogP contribution in [0.1, 0.15) is 50.2 Å². The maximum Gasteiger partial charge on any atom is 0.420 e. The topological polar surface area (TPSA) is 26.3 Å². The summed E-state index contributed by atoms with van der Waals surface area (Å²) in [5, 5.41) is 0.353. The fourth-order valence-electron chi connectivity index (χ4n) is 4.26. The van der Waals surface area contributed by atoms with Gasteiger partial charge in [0.2, 0.25) is 0 Å². The van der Waals surface area contributed by atoms with Crippen LogP contribution in [0.2, 0.25) is 5.02 Å². The average Bonchev–Trinajstić information content (AvgIpc) is 2.88. The second-order valence-electron chi connectivity index (χ2n) is 6.84. The number of allylic oxidation sites excluding steroid dienone is 2. The maximum absolute atomic E-state index is 13.7. The van der Waals surface area contributed by atoms with E-state index in [4.69, 9.17) is 16.3 Å². The molecule has 136 valence electrons. The Hall–Kier alpha value is -1.49. The van der Waals surface area contributed by atoms with Crippen LogP contribution in [-0.4, -0.2) is 19.1 Å². The highest BCUT2D eigenvalue weighted by atomic mass is 35.5. The molecule has 0 radical (unpaired) electrons. The number of hydrogen-bond acceptors (Lipinski definition) is 2. The maximum atomic E-state index is 13.7. The number of ether oxygens (including phenoxy) is 1. The van der Waals surface area contributed by atoms with Gasteiger partial charge in [-0.15, -0.1) is 0 Å². The molecule has 0 amide bonds. The Kier molecular flexibility index (Phi) is 4.65. The van der Waals surface area contributed by atoms with E-state index in [1.807, 2.05) is 6.92 Å². The standard InChI is InChI=1S/C19H20ClF3O2/c1-3-4-8-18-9-7-13(24)16(19(21,22)23)15(18)11-5-6-14(25-2)17(20)12(11)10-18/h5-6H,3-4,7-10H2,1-2H3. The molecule has 2 aliphatic rings. The zero-order valence-electron chi connectivity index (χ0n) is 14.2. The zero-order chi connectivity index (χ0) is 18.4. The number of alkyl halides is 3. The molecule has 25 heavy (non-hydrogen) atoms. The summed E-state index contributed by atoms with van der Waals surface area (Å²) in [5.41, 5.74) is -0.349. The minimum atomic E-state index is -4.65. The molecule has 0 fully saturated rings. The van der Waals surface area contributed by atoms with Gasteiger partial charge in [-0.25, -0.2) is 0 Å². The van der Waals surface area contributed by atoms with E-state index < -0.39 is 22.9 Å². The zero-order valence-corrected chi connectivity index (χ0v) is 15.0. The monoisotopic (exact) mass is 372 g/mol. The first-order valence-electron chi connectivity index (χ1n) is 8.46. The Morgan fingerprint density at radius 2 is 2.04 bits per heavy atom. The fourth-order valence-corrected chi connectivity index (χ4v) is 4.57. The predicted octanol–water partition coefficient (Wildman–Crippen LogP) is 5.76. The number of ketones is 1. The van der Waals surface area contributed by atoms with Crippen molar-refractivity contribution in [1.29, 1.82) is 0 Å². The van der Waals surface area contributed by atoms with Crippen molar-refractivity contribution in [3.05, 3.63) is 33.9 Å². The van der Waals surface area contributed by atoms with E-state index >= 15 is 0 Å². The van der Waals surface area contributed by atoms with Crippen molar-refractivity contribution in [2.24, 2.45) is 5.41 Å². The molecule has 0 N–H and O–H groups in total. The van der Waals surface area contributed by atoms with Crippen LogP contribution in [-0.2, 0) is 11.2 Å². The van der Waals surface area contributed by atoms with Gasteiger partial charge in [0.1, 0.15) is 11.3 Å². The van der Waals surface area contributed by atoms with Crippen molar-refractivity contribution in [3.8, 4) is 5.75 Å². The van der Waals surface area contributed by atoms with Gasteiger partial charge in [-0.05, 0) is 42.0 Å². The lowest BCUT2D eigenvalue weighted by atomic mass is 9.67. The largest absolute Gasteiger partial charge is 0.495 e. The van der Waals surface area contributed by atoms with E-state index in [0.29, 0.717) is 41.2 Å². The summed E-state index contributed by atoms with van der Waals surface area (Å²) in [4.78, 5) is 12.2. The molecule has 2 nitrogen and oxygen atoms in total. The van der Waals surface area contributed by atoms with Crippen LogP contribution in [0.5, 0.6) is 5.75 Å². The Balaban J connectivity index is 2.29. The normalized spacial score (nSPS) is 22.9. The molecule has 3 rings (SSSR count). The third-order valence-electron chi connectivity index (χ3n) is 5.39. The molecule has 1 aromatic carbocycles. The molecular formula is C19H20ClF3O2. The average molecular weight is 373 g/mol. The SMILES string of the molecule is CCCCC12CCC(=O)C(C(F)(F)F)=C1c1ccc(OC)c(Cl)c1C2. The molecule has 1 atom stereocenters. The molecule has 0 spiro atoms. The van der Waals surface area contributed by atoms with Gasteiger partial charge in [0, 0.05) is 11.8 Å². The van der Waals surface area contributed by atoms with E-state index in [-0.39, 0.29) is 12.0 Å². The summed E-state index contributed by atoms with van der Waals surface area (Å²) in [7, 11) is 1.48. The van der Waals surface area contributed by atoms with Crippen molar-refractivity contribution in [2.45, 2.75) is 51.6 Å². The molecule has 1 unspecified atom stereocenters. The van der Waals surface area contributed by atoms with Gasteiger partial charge >= 0.3 is 6.18 Å². The lowest BCUT2D eigenvalue weighted by Crippen LogP contribution is -2.34. The Labute approximate surface area is 150 Å². The summed E-state index contributed by atoms with van der Waals surface area (Å²) in [5.74, 6) is -0.361. The molecular weight excluding hydrogens is 353 g/mol. The number of methoxy groups -OCH3 is 1. The number of carbonyl (C=O) groups is 1. The number of hydrogen-bond donors (Lipinski definition) is 0. The quantitative estimate of drug-likeness (QED) is 0.671. The smallest absolute Gasteiger partial charge is 0.420 e. The van der Waals surface area contributed by atoms with Gasteiger partial charge in [-0.3, -0.25) is 4.79 Å². The highest BCUT2D eigenvalue weighted by molar-refractivity contribution is 6.33. The highest BCUT2D eigenvalue weighted by Crippen LogP contribution is 2.60. The van der Waals surface area contributed by atoms with Crippen molar-refractivity contribution in [1.82, 2.24) is 0 Å². The molecule has 0 aliphatic heterocycles. The first-order chi connectivity index (χ1) is 11.7. The Morgan fingerprint density at radius 1 is 1.32 bits per heavy atom. The third-order valence-corrected chi connectivity index (χ3v) is 5.81. The van der Waals surface area contributed by atoms with Gasteiger partial charge < -0.3 is 4.74 Å². The second-order valence-corrected chi connectivity index (χ2v) is 7.22. The summed E-state index contributed by atoms with van der Waals surface area (Å²) in [6.45, 7) is 2.01. The number of unbranched alkanes of at least 4 members (excludes halogenated alkanes) is 1. The van der Waals surface area contributed by atoms with Crippen LogP contribution < -0.4 is 4.74 Å². The molecule has 1 aromatic rings. The van der Waals surface area contributed by atoms with Crippen LogP contribution in [0, 0.1) is 5.41 Å². The van der Waals surface area contributed by atoms with Crippen LogP contribution in [0.4, 0.5) is 13.2 Å². The van der Waals surface area contributed by atoms with E-state index in [2.05, 4.69) is 0 Å². The van der Waals surface area contributed by atoms with Crippen molar-refractivity contribution >= 4 is 23.0 Å². The first kappa shape index (κ1) is 18.3. The fraction of sp³-hybridized carbons (Fsp3) is 0.526.